The summed E-state index contributed by atoms with van der Waals surface area (Å²) in [7, 11) is 0. The summed E-state index contributed by atoms with van der Waals surface area (Å²) >= 11 is 0. The fourth-order valence-corrected chi connectivity index (χ4v) is 3.26. The number of pyridine rings is 1. The van der Waals surface area contributed by atoms with E-state index in [4.69, 9.17) is 0 Å². The molecule has 2 amide bonds. The van der Waals surface area contributed by atoms with E-state index in [0.717, 1.165) is 11.4 Å². The second-order valence-electron chi connectivity index (χ2n) is 6.90. The van der Waals surface area contributed by atoms with E-state index in [1.165, 1.54) is 4.90 Å². The molecule has 4 rings (SSSR count). The number of nitrogens with one attached hydrogen (secondary N) is 1. The Balaban J connectivity index is 1.37. The van der Waals surface area contributed by atoms with Crippen molar-refractivity contribution in [2.24, 2.45) is 10.2 Å². The van der Waals surface area contributed by atoms with E-state index in [2.05, 4.69) is 20.5 Å². The fourth-order valence-electron chi connectivity index (χ4n) is 3.26. The van der Waals surface area contributed by atoms with Gasteiger partial charge in [-0.25, -0.2) is 4.90 Å². The van der Waals surface area contributed by atoms with E-state index >= 15 is 0 Å². The van der Waals surface area contributed by atoms with Crippen molar-refractivity contribution in [1.29, 1.82) is 0 Å². The second-order valence-corrected chi connectivity index (χ2v) is 6.90. The summed E-state index contributed by atoms with van der Waals surface area (Å²) in [6.07, 6.45) is 2.58. The molecule has 3 aromatic rings. The van der Waals surface area contributed by atoms with Gasteiger partial charge in [0.1, 0.15) is 0 Å². The lowest BCUT2D eigenvalue weighted by molar-refractivity contribution is -0.121. The Morgan fingerprint density at radius 1 is 0.900 bits per heavy atom. The lowest BCUT2D eigenvalue weighted by Crippen LogP contribution is -2.39. The van der Waals surface area contributed by atoms with Gasteiger partial charge in [-0.15, -0.1) is 0 Å². The zero-order valence-electron chi connectivity index (χ0n) is 16.3. The predicted octanol–water partition coefficient (Wildman–Crippen LogP) is 3.96. The molecule has 1 aromatic heterocycles. The molecule has 1 fully saturated rings. The van der Waals surface area contributed by atoms with Gasteiger partial charge in [0.25, 0.3) is 5.91 Å². The smallest absolute Gasteiger partial charge is 0.251 e. The molecule has 1 aliphatic heterocycles. The Hall–Kier alpha value is -3.71. The Kier molecular flexibility index (Phi) is 6.01. The number of aromatic nitrogens is 1. The first-order chi connectivity index (χ1) is 14.7. The number of rotatable bonds is 7. The van der Waals surface area contributed by atoms with E-state index in [1.807, 2.05) is 48.5 Å². The van der Waals surface area contributed by atoms with Crippen LogP contribution in [0.5, 0.6) is 0 Å². The largest absolute Gasteiger partial charge is 0.305 e. The van der Waals surface area contributed by atoms with Gasteiger partial charge >= 0.3 is 0 Å². The third-order valence-electron chi connectivity index (χ3n) is 4.79. The summed E-state index contributed by atoms with van der Waals surface area (Å²) in [6.45, 7) is 0.577. The highest BCUT2D eigenvalue weighted by atomic mass is 16.2. The number of nitrogens with zero attached hydrogens (tertiary/aromatic N) is 4. The first-order valence-electron chi connectivity index (χ1n) is 9.78. The van der Waals surface area contributed by atoms with Crippen LogP contribution < -0.4 is 10.2 Å². The maximum absolute atomic E-state index is 12.7. The molecule has 1 aliphatic rings. The van der Waals surface area contributed by atoms with Crippen LogP contribution in [0, 0.1) is 0 Å². The zero-order chi connectivity index (χ0) is 20.8. The van der Waals surface area contributed by atoms with Gasteiger partial charge < -0.3 is 5.32 Å². The number of carbonyl (C=O) groups is 2. The molecule has 0 aliphatic carbocycles. The van der Waals surface area contributed by atoms with E-state index in [-0.39, 0.29) is 18.2 Å². The van der Waals surface area contributed by atoms with Crippen LogP contribution in [0.4, 0.5) is 17.1 Å². The van der Waals surface area contributed by atoms with E-state index in [0.29, 0.717) is 24.3 Å². The number of amides is 2. The molecule has 30 heavy (non-hydrogen) atoms. The zero-order valence-corrected chi connectivity index (χ0v) is 16.3. The summed E-state index contributed by atoms with van der Waals surface area (Å²) in [5, 5.41) is 11.5. The molecule has 1 saturated heterocycles. The molecule has 1 N–H and O–H groups in total. The van der Waals surface area contributed by atoms with E-state index in [9.17, 15) is 9.59 Å². The second kappa shape index (κ2) is 9.19. The van der Waals surface area contributed by atoms with E-state index < -0.39 is 6.04 Å². The summed E-state index contributed by atoms with van der Waals surface area (Å²) in [6, 6.07) is 21.5. The molecule has 0 unspecified atom stereocenters. The molecule has 2 aromatic carbocycles. The van der Waals surface area contributed by atoms with Gasteiger partial charge in [-0.2, -0.15) is 10.2 Å². The molecule has 2 heterocycles. The summed E-state index contributed by atoms with van der Waals surface area (Å²) < 4.78 is 0. The van der Waals surface area contributed by atoms with Crippen molar-refractivity contribution in [3.63, 3.8) is 0 Å². The van der Waals surface area contributed by atoms with Crippen LogP contribution in [0.15, 0.2) is 89.2 Å². The van der Waals surface area contributed by atoms with E-state index in [1.54, 1.807) is 30.5 Å². The number of hydrogen-bond donors (Lipinski definition) is 1. The molecule has 1 atom stereocenters. The average Bonchev–Trinajstić information content (AvgIpc) is 3.07. The number of hydrogen-bond acceptors (Lipinski definition) is 6. The normalized spacial score (nSPS) is 16.5. The molecule has 150 valence electrons. The Bertz CT molecular complexity index is 1040. The molecule has 0 radical (unpaired) electrons. The number of azo groups is 1. The molecular formula is C23H21N5O2. The molecular weight excluding hydrogens is 378 g/mol. The van der Waals surface area contributed by atoms with Gasteiger partial charge in [-0.1, -0.05) is 24.3 Å². The third kappa shape index (κ3) is 4.64. The summed E-state index contributed by atoms with van der Waals surface area (Å²) in [5.41, 5.74) is 2.88. The van der Waals surface area contributed by atoms with Gasteiger partial charge in [-0.3, -0.25) is 14.6 Å². The van der Waals surface area contributed by atoms with Crippen LogP contribution in [0.25, 0.3) is 0 Å². The minimum Gasteiger partial charge on any atom is -0.305 e. The number of anilines is 1. The first-order valence-corrected chi connectivity index (χ1v) is 9.78. The van der Waals surface area contributed by atoms with Crippen molar-refractivity contribution in [1.82, 2.24) is 10.3 Å². The van der Waals surface area contributed by atoms with Crippen molar-refractivity contribution < 1.29 is 9.59 Å². The van der Waals surface area contributed by atoms with Crippen LogP contribution >= 0.6 is 0 Å². The Labute approximate surface area is 174 Å². The van der Waals surface area contributed by atoms with Crippen molar-refractivity contribution in [2.45, 2.75) is 18.9 Å². The molecule has 0 spiro atoms. The lowest BCUT2D eigenvalue weighted by Gasteiger charge is -2.15. The van der Waals surface area contributed by atoms with Crippen molar-refractivity contribution in [3.8, 4) is 0 Å². The third-order valence-corrected chi connectivity index (χ3v) is 4.79. The minimum absolute atomic E-state index is 0.149. The van der Waals surface area contributed by atoms with Crippen LogP contribution in [0.2, 0.25) is 0 Å². The molecule has 7 nitrogen and oxygen atoms in total. The predicted molar refractivity (Wildman–Crippen MR) is 114 cm³/mol. The van der Waals surface area contributed by atoms with Gasteiger partial charge in [-0.05, 0) is 48.5 Å². The lowest BCUT2D eigenvalue weighted by atomic mass is 10.2. The van der Waals surface area contributed by atoms with Gasteiger partial charge in [0.05, 0.1) is 29.5 Å². The van der Waals surface area contributed by atoms with Gasteiger partial charge in [0.15, 0.2) is 0 Å². The topological polar surface area (TPSA) is 87.0 Å². The molecule has 7 heteroatoms. The fraction of sp³-hybridized carbons (Fsp3) is 0.174. The SMILES string of the molecule is O=C1C[C@H](NCCc2ccccn2)C(=O)N1c1ccc(N=Nc2ccccc2)cc1. The highest BCUT2D eigenvalue weighted by Gasteiger charge is 2.39. The van der Waals surface area contributed by atoms with Crippen molar-refractivity contribution >= 4 is 28.9 Å². The standard InChI is InChI=1S/C23H21N5O2/c29-22-16-21(25-15-13-17-6-4-5-14-24-17)23(30)28(22)20-11-9-19(10-12-20)27-26-18-7-2-1-3-8-18/h1-12,14,21,25H,13,15-16H2/t21-/m0/s1. The van der Waals surface area contributed by atoms with Crippen LogP contribution in [-0.4, -0.2) is 29.4 Å². The monoisotopic (exact) mass is 399 g/mol. The van der Waals surface area contributed by atoms with Crippen LogP contribution in [-0.2, 0) is 16.0 Å². The number of carbonyl (C=O) groups excluding carboxylic acids is 2. The van der Waals surface area contributed by atoms with Crippen molar-refractivity contribution in [3.05, 3.63) is 84.7 Å². The van der Waals surface area contributed by atoms with Crippen molar-refractivity contribution in [2.75, 3.05) is 11.4 Å². The number of benzene rings is 2. The highest BCUT2D eigenvalue weighted by molar-refractivity contribution is 6.22. The van der Waals surface area contributed by atoms with Crippen LogP contribution in [0.1, 0.15) is 12.1 Å². The molecule has 0 saturated carbocycles. The minimum atomic E-state index is -0.515. The summed E-state index contributed by atoms with van der Waals surface area (Å²) in [5.74, 6) is -0.450. The average molecular weight is 399 g/mol. The Morgan fingerprint density at radius 2 is 1.60 bits per heavy atom. The first kappa shape index (κ1) is 19.6. The maximum Gasteiger partial charge on any atom is 0.251 e. The number of imide groups is 1. The van der Waals surface area contributed by atoms with Gasteiger partial charge in [0.2, 0.25) is 5.91 Å². The Morgan fingerprint density at radius 3 is 2.30 bits per heavy atom. The van der Waals surface area contributed by atoms with Gasteiger partial charge in [0, 0.05) is 24.9 Å². The van der Waals surface area contributed by atoms with Crippen LogP contribution in [0.3, 0.4) is 0 Å². The maximum atomic E-state index is 12.7. The quantitative estimate of drug-likeness (QED) is 0.481. The summed E-state index contributed by atoms with van der Waals surface area (Å²) in [4.78, 5) is 30.7. The highest BCUT2D eigenvalue weighted by Crippen LogP contribution is 2.26. The molecule has 0 bridgehead atoms.